The fraction of sp³-hybridized carbons (Fsp3) is 0.348. The van der Waals surface area contributed by atoms with Gasteiger partial charge >= 0.3 is 0 Å². The summed E-state index contributed by atoms with van der Waals surface area (Å²) in [6.45, 7) is 10.7. The maximum Gasteiger partial charge on any atom is 0.156 e. The molecule has 1 heterocycles. The molecule has 1 aliphatic carbocycles. The molecular weight excluding hydrogens is 348 g/mol. The van der Waals surface area contributed by atoms with Crippen LogP contribution < -0.4 is 0 Å². The molecule has 0 unspecified atom stereocenters. The van der Waals surface area contributed by atoms with Crippen LogP contribution in [0.15, 0.2) is 86.7 Å². The molecule has 0 saturated heterocycles. The van der Waals surface area contributed by atoms with Crippen molar-refractivity contribution in [2.75, 3.05) is 6.61 Å². The van der Waals surface area contributed by atoms with Crippen molar-refractivity contribution >= 4 is 18.6 Å². The van der Waals surface area contributed by atoms with Gasteiger partial charge in [0.15, 0.2) is 5.82 Å². The molecule has 1 aliphatic heterocycles. The molecule has 5 heteroatoms. The number of nitrogens with zero attached hydrogens (tertiary/aromatic N) is 4. The van der Waals surface area contributed by atoms with E-state index in [4.69, 9.17) is 9.73 Å². The van der Waals surface area contributed by atoms with Gasteiger partial charge in [-0.25, -0.2) is 10.0 Å². The number of ether oxygens (including phenoxy) is 1. The number of rotatable bonds is 7. The summed E-state index contributed by atoms with van der Waals surface area (Å²) in [5.41, 5.74) is 1.98. The summed E-state index contributed by atoms with van der Waals surface area (Å²) in [6, 6.07) is 0. The third-order valence-electron chi connectivity index (χ3n) is 4.46. The molecule has 5 nitrogen and oxygen atoms in total. The minimum absolute atomic E-state index is 0.139. The van der Waals surface area contributed by atoms with Crippen LogP contribution in [-0.2, 0) is 4.74 Å². The van der Waals surface area contributed by atoms with Crippen molar-refractivity contribution in [3.8, 4) is 0 Å². The normalized spacial score (nSPS) is 24.7. The van der Waals surface area contributed by atoms with Gasteiger partial charge in [0.05, 0.1) is 6.61 Å². The summed E-state index contributed by atoms with van der Waals surface area (Å²) < 4.78 is 5.59. The van der Waals surface area contributed by atoms with Gasteiger partial charge in [0.1, 0.15) is 5.76 Å². The van der Waals surface area contributed by atoms with Crippen molar-refractivity contribution in [2.45, 2.75) is 41.0 Å². The molecule has 0 aromatic heterocycles. The van der Waals surface area contributed by atoms with Crippen LogP contribution in [0.3, 0.4) is 0 Å². The van der Waals surface area contributed by atoms with E-state index in [0.29, 0.717) is 6.61 Å². The van der Waals surface area contributed by atoms with E-state index in [1.165, 1.54) is 0 Å². The molecule has 0 N–H and O–H groups in total. The van der Waals surface area contributed by atoms with Crippen molar-refractivity contribution in [3.63, 3.8) is 0 Å². The van der Waals surface area contributed by atoms with E-state index < -0.39 is 0 Å². The SMILES string of the molecule is C\C=C/N=C/C=C/C(C)=C1\N=CC([C@]2(C)C=CC(OCC)=CC2)=CN1/N=C\C. The van der Waals surface area contributed by atoms with Gasteiger partial charge in [0.2, 0.25) is 0 Å². The van der Waals surface area contributed by atoms with Crippen LogP contribution in [0.25, 0.3) is 0 Å². The van der Waals surface area contributed by atoms with Crippen LogP contribution in [0.2, 0.25) is 0 Å². The highest BCUT2D eigenvalue weighted by atomic mass is 16.5. The Hall–Kier alpha value is -2.95. The molecule has 0 amide bonds. The molecule has 0 fully saturated rings. The number of aliphatic imine (C=N–C) groups is 2. The van der Waals surface area contributed by atoms with Gasteiger partial charge in [-0.15, -0.1) is 0 Å². The Bertz CT molecular complexity index is 822. The largest absolute Gasteiger partial charge is 0.494 e. The highest BCUT2D eigenvalue weighted by molar-refractivity contribution is 5.83. The predicted octanol–water partition coefficient (Wildman–Crippen LogP) is 5.54. The molecule has 1 atom stereocenters. The maximum absolute atomic E-state index is 5.59. The van der Waals surface area contributed by atoms with Gasteiger partial charge in [-0.05, 0) is 63.5 Å². The van der Waals surface area contributed by atoms with Gasteiger partial charge in [0.25, 0.3) is 0 Å². The summed E-state index contributed by atoms with van der Waals surface area (Å²) in [4.78, 5) is 8.84. The van der Waals surface area contributed by atoms with Crippen LogP contribution in [0.4, 0.5) is 0 Å². The molecule has 2 aliphatic rings. The van der Waals surface area contributed by atoms with E-state index in [9.17, 15) is 0 Å². The van der Waals surface area contributed by atoms with Crippen LogP contribution in [0, 0.1) is 5.41 Å². The summed E-state index contributed by atoms with van der Waals surface area (Å²) in [6.07, 6.45) is 22.2. The molecular formula is C23H30N4O. The topological polar surface area (TPSA) is 49.6 Å². The predicted molar refractivity (Wildman–Crippen MR) is 119 cm³/mol. The van der Waals surface area contributed by atoms with Crippen LogP contribution in [-0.4, -0.2) is 30.3 Å². The van der Waals surface area contributed by atoms with Crippen molar-refractivity contribution in [3.05, 3.63) is 71.6 Å². The van der Waals surface area contributed by atoms with E-state index in [0.717, 1.165) is 29.1 Å². The molecule has 0 aromatic rings. The van der Waals surface area contributed by atoms with Gasteiger partial charge in [0, 0.05) is 36.5 Å². The van der Waals surface area contributed by atoms with E-state index in [-0.39, 0.29) is 5.41 Å². The molecule has 0 aromatic carbocycles. The molecule has 0 saturated carbocycles. The zero-order chi connectivity index (χ0) is 20.4. The lowest BCUT2D eigenvalue weighted by Crippen LogP contribution is -2.25. The first-order valence-corrected chi connectivity index (χ1v) is 9.62. The zero-order valence-corrected chi connectivity index (χ0v) is 17.5. The van der Waals surface area contributed by atoms with E-state index in [2.05, 4.69) is 35.4 Å². The van der Waals surface area contributed by atoms with Gasteiger partial charge in [-0.3, -0.25) is 4.99 Å². The molecule has 0 spiro atoms. The van der Waals surface area contributed by atoms with Crippen molar-refractivity contribution in [1.82, 2.24) is 5.01 Å². The fourth-order valence-corrected chi connectivity index (χ4v) is 2.86. The molecule has 0 radical (unpaired) electrons. The van der Waals surface area contributed by atoms with Crippen LogP contribution >= 0.6 is 0 Å². The second-order valence-corrected chi connectivity index (χ2v) is 6.70. The average Bonchev–Trinajstić information content (AvgIpc) is 2.70. The smallest absolute Gasteiger partial charge is 0.156 e. The highest BCUT2D eigenvalue weighted by Crippen LogP contribution is 2.38. The highest BCUT2D eigenvalue weighted by Gasteiger charge is 2.29. The molecule has 0 bridgehead atoms. The van der Waals surface area contributed by atoms with E-state index in [1.54, 1.807) is 18.6 Å². The summed E-state index contributed by atoms with van der Waals surface area (Å²) in [5, 5.41) is 6.31. The maximum atomic E-state index is 5.59. The third-order valence-corrected chi connectivity index (χ3v) is 4.46. The first-order chi connectivity index (χ1) is 13.5. The molecule has 2 rings (SSSR count). The van der Waals surface area contributed by atoms with Gasteiger partial charge < -0.3 is 4.74 Å². The van der Waals surface area contributed by atoms with E-state index in [1.807, 2.05) is 63.2 Å². The zero-order valence-electron chi connectivity index (χ0n) is 17.5. The minimum Gasteiger partial charge on any atom is -0.494 e. The Labute approximate surface area is 168 Å². The van der Waals surface area contributed by atoms with Gasteiger partial charge in [-0.1, -0.05) is 25.2 Å². The number of hydrogen-bond acceptors (Lipinski definition) is 5. The number of hydrogen-bond donors (Lipinski definition) is 0. The Morgan fingerprint density at radius 3 is 2.86 bits per heavy atom. The first kappa shape index (κ1) is 21.4. The van der Waals surface area contributed by atoms with E-state index >= 15 is 0 Å². The standard InChI is InChI=1S/C23H30N4O/c1-6-15-24-16-9-10-19(4)22-25-17-20(18-27(22)26-7-2)23(5)13-11-21(12-14-23)28-8-3/h6-7,9-13,15-18H,8,14H2,1-5H3/b10-9+,15-6-,22-19+,24-16+,26-7-/t23-/m1/s1. The van der Waals surface area contributed by atoms with Crippen molar-refractivity contribution in [1.29, 1.82) is 0 Å². The first-order valence-electron chi connectivity index (χ1n) is 9.62. The summed E-state index contributed by atoms with van der Waals surface area (Å²) >= 11 is 0. The lowest BCUT2D eigenvalue weighted by Gasteiger charge is -2.32. The third kappa shape index (κ3) is 5.52. The minimum atomic E-state index is -0.139. The summed E-state index contributed by atoms with van der Waals surface area (Å²) in [7, 11) is 0. The molecule has 28 heavy (non-hydrogen) atoms. The monoisotopic (exact) mass is 378 g/mol. The molecule has 148 valence electrons. The lowest BCUT2D eigenvalue weighted by atomic mass is 9.77. The summed E-state index contributed by atoms with van der Waals surface area (Å²) in [5.74, 6) is 1.73. The number of allylic oxidation sites excluding steroid dienone is 8. The second-order valence-electron chi connectivity index (χ2n) is 6.70. The van der Waals surface area contributed by atoms with Gasteiger partial charge in [-0.2, -0.15) is 5.10 Å². The number of hydrazone groups is 1. The fourth-order valence-electron chi connectivity index (χ4n) is 2.86. The average molecular weight is 379 g/mol. The Kier molecular flexibility index (Phi) is 7.93. The van der Waals surface area contributed by atoms with Crippen LogP contribution in [0.1, 0.15) is 41.0 Å². The van der Waals surface area contributed by atoms with Crippen molar-refractivity contribution in [2.24, 2.45) is 20.5 Å². The lowest BCUT2D eigenvalue weighted by molar-refractivity contribution is 0.237. The van der Waals surface area contributed by atoms with Crippen LogP contribution in [0.5, 0.6) is 0 Å². The Morgan fingerprint density at radius 1 is 1.39 bits per heavy atom. The van der Waals surface area contributed by atoms with Crippen molar-refractivity contribution < 1.29 is 4.74 Å². The second kappa shape index (κ2) is 10.4. The quantitative estimate of drug-likeness (QED) is 0.546. The Balaban J connectivity index is 2.24. The Morgan fingerprint density at radius 2 is 2.21 bits per heavy atom.